The Balaban J connectivity index is 2.09. The van der Waals surface area contributed by atoms with Crippen LogP contribution in [-0.2, 0) is 9.53 Å². The van der Waals surface area contributed by atoms with E-state index in [0.29, 0.717) is 12.5 Å². The van der Waals surface area contributed by atoms with Gasteiger partial charge in [-0.25, -0.2) is 9.97 Å². The topological polar surface area (TPSA) is 67.3 Å². The molecule has 1 aliphatic rings. The summed E-state index contributed by atoms with van der Waals surface area (Å²) >= 11 is 0. The van der Waals surface area contributed by atoms with E-state index in [2.05, 4.69) is 15.3 Å². The van der Waals surface area contributed by atoms with Crippen LogP contribution in [0.15, 0.2) is 6.07 Å². The molecule has 0 aliphatic carbocycles. The number of piperidine rings is 1. The number of nitrogens with one attached hydrogen (secondary N) is 1. The van der Waals surface area contributed by atoms with Crippen LogP contribution in [0.4, 0.5) is 5.82 Å². The lowest BCUT2D eigenvalue weighted by molar-refractivity contribution is -0.130. The first-order valence-corrected chi connectivity index (χ1v) is 7.44. The van der Waals surface area contributed by atoms with Gasteiger partial charge in [-0.3, -0.25) is 4.79 Å². The first kappa shape index (κ1) is 15.7. The number of carbonyl (C=O) groups excluding carboxylic acids is 1. The van der Waals surface area contributed by atoms with E-state index in [4.69, 9.17) is 4.74 Å². The summed E-state index contributed by atoms with van der Waals surface area (Å²) in [5, 5.41) is 3.24. The highest BCUT2D eigenvalue weighted by Crippen LogP contribution is 2.26. The molecule has 0 aromatic carbocycles. The molecule has 1 atom stereocenters. The molecule has 0 saturated carbocycles. The normalized spacial score (nSPS) is 18.6. The molecule has 1 aromatic heterocycles. The number of nitrogens with zero attached hydrogens (tertiary/aromatic N) is 3. The van der Waals surface area contributed by atoms with Crippen molar-refractivity contribution in [2.45, 2.75) is 32.6 Å². The Hall–Kier alpha value is -1.69. The van der Waals surface area contributed by atoms with Crippen LogP contribution in [0.5, 0.6) is 0 Å². The number of aromatic nitrogens is 2. The van der Waals surface area contributed by atoms with Gasteiger partial charge in [0.25, 0.3) is 0 Å². The molecule has 1 N–H and O–H groups in total. The quantitative estimate of drug-likeness (QED) is 0.834. The van der Waals surface area contributed by atoms with E-state index in [-0.39, 0.29) is 5.91 Å². The smallest absolute Gasteiger partial charge is 0.219 e. The van der Waals surface area contributed by atoms with Crippen LogP contribution in [-0.4, -0.2) is 54.1 Å². The number of methoxy groups -OCH3 is 1. The Kier molecular flexibility index (Phi) is 5.50. The number of ether oxygens (including phenoxy) is 1. The number of carbonyl (C=O) groups is 1. The molecule has 116 valence electrons. The Morgan fingerprint density at radius 3 is 3.05 bits per heavy atom. The Morgan fingerprint density at radius 1 is 1.52 bits per heavy atom. The van der Waals surface area contributed by atoms with E-state index < -0.39 is 0 Å². The molecule has 1 aliphatic heterocycles. The maximum Gasteiger partial charge on any atom is 0.219 e. The third-order valence-electron chi connectivity index (χ3n) is 3.76. The minimum Gasteiger partial charge on any atom is -0.383 e. The first-order chi connectivity index (χ1) is 10.1. The van der Waals surface area contributed by atoms with Crippen molar-refractivity contribution < 1.29 is 9.53 Å². The van der Waals surface area contributed by atoms with Crippen molar-refractivity contribution in [3.05, 3.63) is 17.6 Å². The maximum atomic E-state index is 11.6. The van der Waals surface area contributed by atoms with E-state index in [1.807, 2.05) is 17.9 Å². The lowest BCUT2D eigenvalue weighted by atomic mass is 9.94. The minimum absolute atomic E-state index is 0.143. The predicted octanol–water partition coefficient (Wildman–Crippen LogP) is 1.57. The summed E-state index contributed by atoms with van der Waals surface area (Å²) in [6.45, 7) is 6.50. The van der Waals surface area contributed by atoms with Crippen molar-refractivity contribution in [1.29, 1.82) is 0 Å². The monoisotopic (exact) mass is 292 g/mol. The molecule has 1 aromatic rings. The second kappa shape index (κ2) is 7.36. The van der Waals surface area contributed by atoms with Crippen molar-refractivity contribution in [1.82, 2.24) is 14.9 Å². The van der Waals surface area contributed by atoms with Crippen LogP contribution in [0.2, 0.25) is 0 Å². The molecule has 2 rings (SSSR count). The highest BCUT2D eigenvalue weighted by molar-refractivity contribution is 5.73. The summed E-state index contributed by atoms with van der Waals surface area (Å²) in [5.41, 5.74) is 1.02. The molecule has 21 heavy (non-hydrogen) atoms. The van der Waals surface area contributed by atoms with Gasteiger partial charge in [0.15, 0.2) is 0 Å². The van der Waals surface area contributed by atoms with Gasteiger partial charge in [0.2, 0.25) is 5.91 Å². The average molecular weight is 292 g/mol. The standard InChI is InChI=1S/C15H24N4O2/c1-11-17-14(9-15(18-11)16-6-8-21-3)13-5-4-7-19(10-13)12(2)20/h9,13H,4-8,10H2,1-3H3,(H,16,17,18). The Bertz CT molecular complexity index is 493. The lowest BCUT2D eigenvalue weighted by Crippen LogP contribution is -2.37. The van der Waals surface area contributed by atoms with Gasteiger partial charge in [-0.2, -0.15) is 0 Å². The van der Waals surface area contributed by atoms with Gasteiger partial charge in [0, 0.05) is 45.7 Å². The third-order valence-corrected chi connectivity index (χ3v) is 3.76. The lowest BCUT2D eigenvalue weighted by Gasteiger charge is -2.31. The number of hydrogen-bond donors (Lipinski definition) is 1. The fourth-order valence-electron chi connectivity index (χ4n) is 2.68. The fraction of sp³-hybridized carbons (Fsp3) is 0.667. The van der Waals surface area contributed by atoms with Crippen molar-refractivity contribution in [3.63, 3.8) is 0 Å². The van der Waals surface area contributed by atoms with Crippen LogP contribution in [0.25, 0.3) is 0 Å². The Morgan fingerprint density at radius 2 is 2.33 bits per heavy atom. The van der Waals surface area contributed by atoms with Crippen LogP contribution in [0.1, 0.15) is 37.2 Å². The molecule has 2 heterocycles. The number of likely N-dealkylation sites (tertiary alicyclic amines) is 1. The van der Waals surface area contributed by atoms with Crippen LogP contribution < -0.4 is 5.32 Å². The van der Waals surface area contributed by atoms with Crippen molar-refractivity contribution in [2.75, 3.05) is 38.7 Å². The molecule has 1 saturated heterocycles. The predicted molar refractivity (Wildman–Crippen MR) is 81.4 cm³/mol. The zero-order valence-corrected chi connectivity index (χ0v) is 13.1. The van der Waals surface area contributed by atoms with Gasteiger partial charge in [0.1, 0.15) is 11.6 Å². The number of amides is 1. The average Bonchev–Trinajstić information content (AvgIpc) is 2.47. The summed E-state index contributed by atoms with van der Waals surface area (Å²) in [6, 6.07) is 2.00. The van der Waals surface area contributed by atoms with Crippen molar-refractivity contribution >= 4 is 11.7 Å². The van der Waals surface area contributed by atoms with Gasteiger partial charge in [-0.15, -0.1) is 0 Å². The summed E-state index contributed by atoms with van der Waals surface area (Å²) in [6.07, 6.45) is 2.09. The van der Waals surface area contributed by atoms with Gasteiger partial charge in [-0.1, -0.05) is 0 Å². The molecule has 6 nitrogen and oxygen atoms in total. The number of aryl methyl sites for hydroxylation is 1. The SMILES string of the molecule is COCCNc1cc(C2CCCN(C(C)=O)C2)nc(C)n1. The molecule has 1 unspecified atom stereocenters. The molecule has 0 bridgehead atoms. The van der Waals surface area contributed by atoms with Crippen LogP contribution >= 0.6 is 0 Å². The highest BCUT2D eigenvalue weighted by Gasteiger charge is 2.24. The summed E-state index contributed by atoms with van der Waals surface area (Å²) in [7, 11) is 1.68. The van der Waals surface area contributed by atoms with Gasteiger partial charge in [-0.05, 0) is 19.8 Å². The van der Waals surface area contributed by atoms with E-state index in [9.17, 15) is 4.79 Å². The third kappa shape index (κ3) is 4.39. The minimum atomic E-state index is 0.143. The molecule has 1 amide bonds. The molecule has 0 spiro atoms. The van der Waals surface area contributed by atoms with Gasteiger partial charge in [0.05, 0.1) is 12.3 Å². The van der Waals surface area contributed by atoms with E-state index in [0.717, 1.165) is 49.8 Å². The van der Waals surface area contributed by atoms with E-state index in [1.54, 1.807) is 14.0 Å². The summed E-state index contributed by atoms with van der Waals surface area (Å²) in [4.78, 5) is 22.4. The summed E-state index contributed by atoms with van der Waals surface area (Å²) in [5.74, 6) is 2.03. The van der Waals surface area contributed by atoms with Gasteiger partial charge < -0.3 is 15.0 Å². The number of anilines is 1. The van der Waals surface area contributed by atoms with E-state index >= 15 is 0 Å². The van der Waals surface area contributed by atoms with Crippen LogP contribution in [0, 0.1) is 6.92 Å². The molecule has 6 heteroatoms. The summed E-state index contributed by atoms with van der Waals surface area (Å²) < 4.78 is 5.03. The molecular formula is C15H24N4O2. The molecule has 0 radical (unpaired) electrons. The second-order valence-corrected chi connectivity index (χ2v) is 5.45. The zero-order valence-electron chi connectivity index (χ0n) is 13.1. The second-order valence-electron chi connectivity index (χ2n) is 5.45. The molecular weight excluding hydrogens is 268 g/mol. The van der Waals surface area contributed by atoms with Crippen molar-refractivity contribution in [2.24, 2.45) is 0 Å². The number of rotatable bonds is 5. The first-order valence-electron chi connectivity index (χ1n) is 7.44. The Labute approximate surface area is 125 Å². The van der Waals surface area contributed by atoms with E-state index in [1.165, 1.54) is 0 Å². The largest absolute Gasteiger partial charge is 0.383 e. The highest BCUT2D eigenvalue weighted by atomic mass is 16.5. The fourth-order valence-corrected chi connectivity index (χ4v) is 2.68. The number of hydrogen-bond acceptors (Lipinski definition) is 5. The van der Waals surface area contributed by atoms with Crippen molar-refractivity contribution in [3.8, 4) is 0 Å². The molecule has 1 fully saturated rings. The zero-order chi connectivity index (χ0) is 15.2. The van der Waals surface area contributed by atoms with Crippen LogP contribution in [0.3, 0.4) is 0 Å². The maximum absolute atomic E-state index is 11.6. The van der Waals surface area contributed by atoms with Gasteiger partial charge >= 0.3 is 0 Å².